The van der Waals surface area contributed by atoms with Crippen molar-refractivity contribution in [1.82, 2.24) is 15.1 Å². The lowest BCUT2D eigenvalue weighted by Crippen LogP contribution is -2.55. The number of amides is 1. The highest BCUT2D eigenvalue weighted by atomic mass is 127. The number of ether oxygens (including phenoxy) is 1. The van der Waals surface area contributed by atoms with Gasteiger partial charge in [0.2, 0.25) is 5.91 Å². The van der Waals surface area contributed by atoms with Crippen LogP contribution in [0.15, 0.2) is 29.3 Å². The van der Waals surface area contributed by atoms with Crippen molar-refractivity contribution in [3.05, 3.63) is 34.9 Å². The molecule has 0 radical (unpaired) electrons. The average Bonchev–Trinajstić information content (AvgIpc) is 3.13. The van der Waals surface area contributed by atoms with Crippen molar-refractivity contribution in [3.8, 4) is 0 Å². The summed E-state index contributed by atoms with van der Waals surface area (Å²) in [5, 5.41) is 4.09. The smallest absolute Gasteiger partial charge is 0.242 e. The van der Waals surface area contributed by atoms with Crippen LogP contribution in [-0.2, 0) is 16.1 Å². The highest BCUT2D eigenvalue weighted by Gasteiger charge is 2.26. The van der Waals surface area contributed by atoms with Crippen molar-refractivity contribution < 1.29 is 9.53 Å². The second-order valence-corrected chi connectivity index (χ2v) is 6.96. The predicted molar refractivity (Wildman–Crippen MR) is 114 cm³/mol. The average molecular weight is 493 g/mol. The third-order valence-corrected chi connectivity index (χ3v) is 4.94. The summed E-state index contributed by atoms with van der Waals surface area (Å²) in [6, 6.07) is 7.64. The third kappa shape index (κ3) is 5.72. The quantitative estimate of drug-likeness (QED) is 0.398. The van der Waals surface area contributed by atoms with Crippen LogP contribution in [0.5, 0.6) is 0 Å². The molecule has 0 saturated carbocycles. The predicted octanol–water partition coefficient (Wildman–Crippen LogP) is 2.21. The first-order chi connectivity index (χ1) is 12.2. The molecule has 0 spiro atoms. The molecule has 1 amide bonds. The monoisotopic (exact) mass is 492 g/mol. The van der Waals surface area contributed by atoms with Crippen molar-refractivity contribution >= 4 is 47.4 Å². The lowest BCUT2D eigenvalue weighted by atomic mass is 10.1. The topological polar surface area (TPSA) is 57.2 Å². The molecule has 2 heterocycles. The van der Waals surface area contributed by atoms with Crippen molar-refractivity contribution in [1.29, 1.82) is 0 Å². The van der Waals surface area contributed by atoms with Gasteiger partial charge in [-0.25, -0.2) is 0 Å². The van der Waals surface area contributed by atoms with Gasteiger partial charge >= 0.3 is 0 Å². The van der Waals surface area contributed by atoms with Crippen LogP contribution in [0.4, 0.5) is 0 Å². The normalized spacial score (nSPS) is 20.9. The minimum Gasteiger partial charge on any atom is -0.381 e. The molecule has 144 valence electrons. The van der Waals surface area contributed by atoms with Crippen LogP contribution in [0.3, 0.4) is 0 Å². The third-order valence-electron chi connectivity index (χ3n) is 4.69. The van der Waals surface area contributed by atoms with E-state index in [1.807, 2.05) is 34.1 Å². The first-order valence-corrected chi connectivity index (χ1v) is 9.09. The maximum absolute atomic E-state index is 12.5. The number of halogens is 2. The number of nitrogens with one attached hydrogen (secondary N) is 1. The molecule has 1 aromatic rings. The summed E-state index contributed by atoms with van der Waals surface area (Å²) >= 11 is 5.91. The zero-order valence-electron chi connectivity index (χ0n) is 15.0. The van der Waals surface area contributed by atoms with Crippen LogP contribution < -0.4 is 5.32 Å². The van der Waals surface area contributed by atoms with E-state index in [9.17, 15) is 4.79 Å². The molecule has 0 aromatic heterocycles. The number of hydrogen-bond donors (Lipinski definition) is 1. The summed E-state index contributed by atoms with van der Waals surface area (Å²) in [7, 11) is 1.76. The van der Waals surface area contributed by atoms with Crippen molar-refractivity contribution in [2.75, 3.05) is 46.4 Å². The van der Waals surface area contributed by atoms with Crippen LogP contribution in [0.2, 0.25) is 5.02 Å². The van der Waals surface area contributed by atoms with Gasteiger partial charge in [0.25, 0.3) is 0 Å². The van der Waals surface area contributed by atoms with Gasteiger partial charge < -0.3 is 19.9 Å². The first-order valence-electron chi connectivity index (χ1n) is 8.71. The number of carbonyl (C=O) groups excluding carboxylic acids is 1. The molecule has 2 aliphatic rings. The van der Waals surface area contributed by atoms with E-state index in [1.54, 1.807) is 7.05 Å². The van der Waals surface area contributed by atoms with E-state index in [-0.39, 0.29) is 29.9 Å². The first kappa shape index (κ1) is 21.2. The molecule has 0 aliphatic carbocycles. The van der Waals surface area contributed by atoms with E-state index in [0.29, 0.717) is 30.6 Å². The number of rotatable bonds is 4. The molecule has 1 aromatic carbocycles. The van der Waals surface area contributed by atoms with Gasteiger partial charge in [0.05, 0.1) is 13.2 Å². The zero-order chi connectivity index (χ0) is 17.6. The summed E-state index contributed by atoms with van der Waals surface area (Å²) in [5.41, 5.74) is 1.09. The Kier molecular flexibility index (Phi) is 8.43. The number of aliphatic imine (C=N–C) groups is 1. The Labute approximate surface area is 176 Å². The fourth-order valence-corrected chi connectivity index (χ4v) is 3.30. The Morgan fingerprint density at radius 2 is 2.12 bits per heavy atom. The van der Waals surface area contributed by atoms with Crippen LogP contribution in [0.25, 0.3) is 0 Å². The van der Waals surface area contributed by atoms with Gasteiger partial charge in [0.15, 0.2) is 5.96 Å². The number of carbonyl (C=O) groups is 1. The fourth-order valence-electron chi connectivity index (χ4n) is 3.18. The molecule has 2 aliphatic heterocycles. The van der Waals surface area contributed by atoms with E-state index in [4.69, 9.17) is 16.3 Å². The lowest BCUT2D eigenvalue weighted by Gasteiger charge is -2.36. The summed E-state index contributed by atoms with van der Waals surface area (Å²) < 4.78 is 5.40. The molecule has 1 unspecified atom stereocenters. The highest BCUT2D eigenvalue weighted by molar-refractivity contribution is 14.0. The second kappa shape index (κ2) is 10.3. The van der Waals surface area contributed by atoms with Gasteiger partial charge in [0, 0.05) is 50.8 Å². The fraction of sp³-hybridized carbons (Fsp3) is 0.556. The number of hydrogen-bond acceptors (Lipinski definition) is 3. The number of piperazine rings is 1. The van der Waals surface area contributed by atoms with Gasteiger partial charge in [0.1, 0.15) is 0 Å². The van der Waals surface area contributed by atoms with Crippen LogP contribution in [0.1, 0.15) is 12.0 Å². The Balaban J connectivity index is 0.00000243. The molecular formula is C18H26ClIN4O2. The zero-order valence-corrected chi connectivity index (χ0v) is 18.1. The maximum Gasteiger partial charge on any atom is 0.242 e. The van der Waals surface area contributed by atoms with E-state index >= 15 is 0 Å². The van der Waals surface area contributed by atoms with Gasteiger partial charge in [-0.15, -0.1) is 24.0 Å². The minimum atomic E-state index is 0. The van der Waals surface area contributed by atoms with Crippen LogP contribution in [0, 0.1) is 5.92 Å². The maximum atomic E-state index is 12.5. The molecule has 0 bridgehead atoms. The molecule has 1 N–H and O–H groups in total. The molecular weight excluding hydrogens is 467 g/mol. The Hall–Kier alpha value is -1.06. The number of guanidine groups is 1. The summed E-state index contributed by atoms with van der Waals surface area (Å²) in [5.74, 6) is 1.44. The van der Waals surface area contributed by atoms with Crippen LogP contribution in [-0.4, -0.2) is 68.1 Å². The number of benzene rings is 1. The summed E-state index contributed by atoms with van der Waals surface area (Å²) in [6.45, 7) is 4.93. The molecule has 2 fully saturated rings. The second-order valence-electron chi connectivity index (χ2n) is 6.52. The van der Waals surface area contributed by atoms with E-state index in [0.717, 1.165) is 44.2 Å². The van der Waals surface area contributed by atoms with Crippen molar-refractivity contribution in [3.63, 3.8) is 0 Å². The molecule has 1 atom stereocenters. The SMILES string of the molecule is CN=C(NCC1CCOC1)N1CCN(Cc2ccc(Cl)cc2)C(=O)C1.I. The van der Waals surface area contributed by atoms with E-state index in [2.05, 4.69) is 10.3 Å². The van der Waals surface area contributed by atoms with E-state index in [1.165, 1.54) is 0 Å². The molecule has 26 heavy (non-hydrogen) atoms. The molecule has 2 saturated heterocycles. The van der Waals surface area contributed by atoms with E-state index < -0.39 is 0 Å². The van der Waals surface area contributed by atoms with Gasteiger partial charge in [-0.05, 0) is 24.1 Å². The summed E-state index contributed by atoms with van der Waals surface area (Å²) in [4.78, 5) is 20.8. The Bertz CT molecular complexity index is 620. The van der Waals surface area contributed by atoms with Crippen molar-refractivity contribution in [2.24, 2.45) is 10.9 Å². The molecule has 6 nitrogen and oxygen atoms in total. The largest absolute Gasteiger partial charge is 0.381 e. The standard InChI is InChI=1S/C18H25ClN4O2.HI/c1-20-18(21-10-15-6-9-25-13-15)23-8-7-22(17(24)12-23)11-14-2-4-16(19)5-3-14;/h2-5,15H,6-13H2,1H3,(H,20,21);1H. The Morgan fingerprint density at radius 3 is 2.73 bits per heavy atom. The minimum absolute atomic E-state index is 0. The molecule has 3 rings (SSSR count). The summed E-state index contributed by atoms with van der Waals surface area (Å²) in [6.07, 6.45) is 1.08. The van der Waals surface area contributed by atoms with Gasteiger partial charge in [-0.1, -0.05) is 23.7 Å². The van der Waals surface area contributed by atoms with Crippen LogP contribution >= 0.6 is 35.6 Å². The highest BCUT2D eigenvalue weighted by Crippen LogP contribution is 2.14. The van der Waals surface area contributed by atoms with Gasteiger partial charge in [-0.2, -0.15) is 0 Å². The lowest BCUT2D eigenvalue weighted by molar-refractivity contribution is -0.135. The van der Waals surface area contributed by atoms with Crippen molar-refractivity contribution in [2.45, 2.75) is 13.0 Å². The number of nitrogens with zero attached hydrogens (tertiary/aromatic N) is 3. The Morgan fingerprint density at radius 1 is 1.35 bits per heavy atom. The molecule has 8 heteroatoms. The van der Waals surface area contributed by atoms with Gasteiger partial charge in [-0.3, -0.25) is 9.79 Å².